The Labute approximate surface area is 162 Å². The van der Waals surface area contributed by atoms with Gasteiger partial charge in [0.05, 0.1) is 16.6 Å². The van der Waals surface area contributed by atoms with Crippen LogP contribution in [0.5, 0.6) is 0 Å². The molecule has 4 rings (SSSR count). The van der Waals surface area contributed by atoms with E-state index in [4.69, 9.17) is 4.42 Å². The predicted molar refractivity (Wildman–Crippen MR) is 105 cm³/mol. The molecule has 4 nitrogen and oxygen atoms in total. The average Bonchev–Trinajstić information content (AvgIpc) is 3.35. The van der Waals surface area contributed by atoms with E-state index in [1.54, 1.807) is 29.4 Å². The summed E-state index contributed by atoms with van der Waals surface area (Å²) in [6, 6.07) is 18.3. The lowest BCUT2D eigenvalue weighted by molar-refractivity contribution is 0.569. The summed E-state index contributed by atoms with van der Waals surface area (Å²) >= 11 is 6.94. The van der Waals surface area contributed by atoms with Crippen LogP contribution in [0, 0.1) is 0 Å². The fraction of sp³-hybridized carbons (Fsp3) is 0.111. The van der Waals surface area contributed by atoms with E-state index in [0.29, 0.717) is 6.54 Å². The first-order valence-electron chi connectivity index (χ1n) is 7.67. The summed E-state index contributed by atoms with van der Waals surface area (Å²) in [4.78, 5) is 1.30. The van der Waals surface area contributed by atoms with Crippen molar-refractivity contribution in [3.63, 3.8) is 0 Å². The topological polar surface area (TPSA) is 43.9 Å². The summed E-state index contributed by atoms with van der Waals surface area (Å²) in [6.07, 6.45) is 1.66. The summed E-state index contributed by atoms with van der Waals surface area (Å²) in [7, 11) is 0. The largest absolute Gasteiger partial charge is 0.461 e. The van der Waals surface area contributed by atoms with E-state index in [-0.39, 0.29) is 0 Å². The second-order valence-corrected chi connectivity index (χ2v) is 8.84. The fourth-order valence-corrected chi connectivity index (χ4v) is 4.92. The van der Waals surface area contributed by atoms with Crippen LogP contribution in [0.25, 0.3) is 11.6 Å². The molecular weight excluding hydrogens is 418 g/mol. The van der Waals surface area contributed by atoms with Crippen molar-refractivity contribution < 1.29 is 4.42 Å². The van der Waals surface area contributed by atoms with Crippen molar-refractivity contribution in [2.75, 3.05) is 0 Å². The molecule has 0 amide bonds. The number of furan rings is 1. The minimum absolute atomic E-state index is 0.709. The molecule has 0 saturated carbocycles. The van der Waals surface area contributed by atoms with Crippen LogP contribution in [-0.4, -0.2) is 14.8 Å². The molecule has 0 unspecified atom stereocenters. The lowest BCUT2D eigenvalue weighted by atomic mass is 10.2. The van der Waals surface area contributed by atoms with E-state index < -0.39 is 0 Å². The first-order chi connectivity index (χ1) is 12.3. The van der Waals surface area contributed by atoms with Crippen LogP contribution in [-0.2, 0) is 12.3 Å². The van der Waals surface area contributed by atoms with Crippen LogP contribution in [0.15, 0.2) is 74.2 Å². The number of thioether (sulfide) groups is 1. The second kappa shape index (κ2) is 7.59. The highest BCUT2D eigenvalue weighted by molar-refractivity contribution is 9.11. The van der Waals surface area contributed by atoms with Crippen molar-refractivity contribution in [1.29, 1.82) is 0 Å². The summed E-state index contributed by atoms with van der Waals surface area (Å²) in [5.41, 5.74) is 1.20. The Hall–Kier alpha value is -1.83. The third-order valence-electron chi connectivity index (χ3n) is 3.61. The van der Waals surface area contributed by atoms with E-state index in [9.17, 15) is 0 Å². The van der Waals surface area contributed by atoms with E-state index in [1.165, 1.54) is 10.4 Å². The molecule has 4 aromatic rings. The van der Waals surface area contributed by atoms with Gasteiger partial charge < -0.3 is 4.42 Å². The molecule has 0 spiro atoms. The normalized spacial score (nSPS) is 11.1. The molecule has 0 aliphatic carbocycles. The van der Waals surface area contributed by atoms with Gasteiger partial charge in [0.25, 0.3) is 0 Å². The van der Waals surface area contributed by atoms with Crippen molar-refractivity contribution in [2.45, 2.75) is 17.5 Å². The summed E-state index contributed by atoms with van der Waals surface area (Å²) in [5.74, 6) is 2.35. The molecule has 7 heteroatoms. The molecule has 0 bridgehead atoms. The first kappa shape index (κ1) is 16.6. The molecule has 0 saturated heterocycles. The van der Waals surface area contributed by atoms with Crippen molar-refractivity contribution in [3.05, 3.63) is 75.1 Å². The molecule has 126 valence electrons. The van der Waals surface area contributed by atoms with E-state index >= 15 is 0 Å². The Bertz CT molecular complexity index is 948. The zero-order valence-electron chi connectivity index (χ0n) is 13.1. The maximum Gasteiger partial charge on any atom is 0.200 e. The highest BCUT2D eigenvalue weighted by atomic mass is 79.9. The molecule has 3 aromatic heterocycles. The summed E-state index contributed by atoms with van der Waals surface area (Å²) < 4.78 is 8.80. The quantitative estimate of drug-likeness (QED) is 0.367. The minimum atomic E-state index is 0.709. The maximum absolute atomic E-state index is 5.54. The Morgan fingerprint density at radius 2 is 1.92 bits per heavy atom. The smallest absolute Gasteiger partial charge is 0.200 e. The molecule has 0 radical (unpaired) electrons. The van der Waals surface area contributed by atoms with Crippen LogP contribution in [0.2, 0.25) is 0 Å². The van der Waals surface area contributed by atoms with Gasteiger partial charge in [0.1, 0.15) is 0 Å². The van der Waals surface area contributed by atoms with Gasteiger partial charge >= 0.3 is 0 Å². The van der Waals surface area contributed by atoms with Gasteiger partial charge in [-0.15, -0.1) is 21.5 Å². The van der Waals surface area contributed by atoms with Crippen LogP contribution in [0.3, 0.4) is 0 Å². The highest BCUT2D eigenvalue weighted by Gasteiger charge is 2.17. The van der Waals surface area contributed by atoms with Crippen molar-refractivity contribution >= 4 is 39.0 Å². The van der Waals surface area contributed by atoms with Crippen LogP contribution < -0.4 is 0 Å². The molecule has 1 aromatic carbocycles. The summed E-state index contributed by atoms with van der Waals surface area (Å²) in [6.45, 7) is 0.709. The number of hydrogen-bond donors (Lipinski definition) is 0. The molecule has 0 atom stereocenters. The Balaban J connectivity index is 1.63. The molecule has 3 heterocycles. The van der Waals surface area contributed by atoms with Crippen molar-refractivity contribution in [3.8, 4) is 11.6 Å². The summed E-state index contributed by atoms with van der Waals surface area (Å²) in [5, 5.41) is 9.65. The van der Waals surface area contributed by atoms with E-state index in [2.05, 4.69) is 55.0 Å². The number of benzene rings is 1. The first-order valence-corrected chi connectivity index (χ1v) is 10.3. The molecule has 25 heavy (non-hydrogen) atoms. The number of halogens is 1. The maximum atomic E-state index is 5.54. The van der Waals surface area contributed by atoms with Gasteiger partial charge in [-0.25, -0.2) is 0 Å². The number of aromatic nitrogens is 3. The van der Waals surface area contributed by atoms with Gasteiger partial charge in [0.15, 0.2) is 10.9 Å². The molecule has 0 N–H and O–H groups in total. The average molecular weight is 432 g/mol. The minimum Gasteiger partial charge on any atom is -0.461 e. The van der Waals surface area contributed by atoms with Gasteiger partial charge in [-0.3, -0.25) is 4.57 Å². The molecule has 0 aliphatic heterocycles. The second-order valence-electron chi connectivity index (χ2n) is 5.35. The van der Waals surface area contributed by atoms with Gasteiger partial charge in [-0.05, 0) is 45.8 Å². The van der Waals surface area contributed by atoms with Crippen LogP contribution >= 0.6 is 39.0 Å². The van der Waals surface area contributed by atoms with Gasteiger partial charge in [0, 0.05) is 10.6 Å². The number of nitrogens with zero attached hydrogens (tertiary/aromatic N) is 3. The molecule has 0 aliphatic rings. The van der Waals surface area contributed by atoms with Crippen molar-refractivity contribution in [1.82, 2.24) is 14.8 Å². The lowest BCUT2D eigenvalue weighted by Crippen LogP contribution is -2.03. The predicted octanol–water partition coefficient (Wildman–Crippen LogP) is 5.70. The lowest BCUT2D eigenvalue weighted by Gasteiger charge is -2.09. The number of thiophene rings is 1. The highest BCUT2D eigenvalue weighted by Crippen LogP contribution is 2.31. The van der Waals surface area contributed by atoms with Crippen LogP contribution in [0.1, 0.15) is 10.4 Å². The third kappa shape index (κ3) is 3.89. The third-order valence-corrected chi connectivity index (χ3v) is 6.44. The molecule has 0 fully saturated rings. The van der Waals surface area contributed by atoms with Crippen molar-refractivity contribution in [2.24, 2.45) is 0 Å². The number of hydrogen-bond acceptors (Lipinski definition) is 5. The fourth-order valence-electron chi connectivity index (χ4n) is 2.46. The Morgan fingerprint density at radius 1 is 1.04 bits per heavy atom. The van der Waals surface area contributed by atoms with Gasteiger partial charge in [-0.2, -0.15) is 0 Å². The van der Waals surface area contributed by atoms with E-state index in [1.807, 2.05) is 30.3 Å². The Morgan fingerprint density at radius 3 is 2.64 bits per heavy atom. The SMILES string of the molecule is Brc1ccc(CSc2nnc(-c3ccco3)n2Cc2ccccc2)s1. The molecular formula is C18H14BrN3OS2. The number of rotatable bonds is 6. The zero-order chi connectivity index (χ0) is 17.1. The van der Waals surface area contributed by atoms with Gasteiger partial charge in [0.2, 0.25) is 5.82 Å². The van der Waals surface area contributed by atoms with E-state index in [0.717, 1.165) is 26.3 Å². The Kier molecular flexibility index (Phi) is 5.05. The van der Waals surface area contributed by atoms with Gasteiger partial charge in [-0.1, -0.05) is 42.1 Å². The standard InChI is InChI=1S/C18H14BrN3OS2/c19-16-9-8-14(25-16)12-24-18-21-20-17(15-7-4-10-23-15)22(18)11-13-5-2-1-3-6-13/h1-10H,11-12H2. The van der Waals surface area contributed by atoms with Crippen LogP contribution in [0.4, 0.5) is 0 Å². The monoisotopic (exact) mass is 431 g/mol. The zero-order valence-corrected chi connectivity index (χ0v) is 16.4.